The molecule has 1 aliphatic rings. The summed E-state index contributed by atoms with van der Waals surface area (Å²) in [5, 5.41) is 8.75. The van der Waals surface area contributed by atoms with Crippen molar-refractivity contribution in [2.24, 2.45) is 5.92 Å². The molecule has 1 heterocycles. The molecule has 0 radical (unpaired) electrons. The molecule has 0 bridgehead atoms. The maximum Gasteiger partial charge on any atom is 0.356 e. The maximum absolute atomic E-state index is 12.0. The number of aromatic nitrogens is 2. The molecule has 1 aromatic heterocycles. The van der Waals surface area contributed by atoms with Crippen molar-refractivity contribution in [1.29, 1.82) is 0 Å². The van der Waals surface area contributed by atoms with Crippen LogP contribution in [-0.4, -0.2) is 41.3 Å². The average Bonchev–Trinajstić information content (AvgIpc) is 2.88. The van der Waals surface area contributed by atoms with Crippen molar-refractivity contribution in [1.82, 2.24) is 14.3 Å². The van der Waals surface area contributed by atoms with E-state index >= 15 is 0 Å². The van der Waals surface area contributed by atoms with Crippen LogP contribution in [0.1, 0.15) is 42.6 Å². The molecule has 0 unspecified atom stereocenters. The Labute approximate surface area is 124 Å². The lowest BCUT2D eigenvalue weighted by atomic mass is 9.91. The van der Waals surface area contributed by atoms with Gasteiger partial charge in [0.15, 0.2) is 5.69 Å². The van der Waals surface area contributed by atoms with E-state index in [1.807, 2.05) is 0 Å². The van der Waals surface area contributed by atoms with Gasteiger partial charge in [-0.25, -0.2) is 22.9 Å². The molecule has 0 aromatic carbocycles. The Kier molecular flexibility index (Phi) is 5.35. The zero-order valence-electron chi connectivity index (χ0n) is 11.9. The number of nitrogens with zero attached hydrogens (tertiary/aromatic N) is 2. The normalized spacial score (nSPS) is 17.0. The molecule has 0 aliphatic heterocycles. The van der Waals surface area contributed by atoms with Crippen molar-refractivity contribution in [3.63, 3.8) is 0 Å². The minimum absolute atomic E-state index is 0.0416. The first-order valence-electron chi connectivity index (χ1n) is 7.19. The Hall–Kier alpha value is -1.41. The van der Waals surface area contributed by atoms with Gasteiger partial charge >= 0.3 is 5.97 Å². The summed E-state index contributed by atoms with van der Waals surface area (Å²) < 4.78 is 28.1. The van der Waals surface area contributed by atoms with Crippen LogP contribution >= 0.6 is 0 Å². The van der Waals surface area contributed by atoms with Crippen LogP contribution in [-0.2, 0) is 16.6 Å². The topological polar surface area (TPSA) is 101 Å². The fourth-order valence-corrected chi connectivity index (χ4v) is 4.12. The van der Waals surface area contributed by atoms with Gasteiger partial charge in [0.25, 0.3) is 0 Å². The van der Waals surface area contributed by atoms with E-state index in [1.165, 1.54) is 18.9 Å². The minimum atomic E-state index is -3.26. The molecule has 0 atom stereocenters. The third kappa shape index (κ3) is 5.13. The molecule has 1 aromatic rings. The van der Waals surface area contributed by atoms with Gasteiger partial charge in [-0.2, -0.15) is 0 Å². The van der Waals surface area contributed by atoms with E-state index in [0.29, 0.717) is 6.54 Å². The highest BCUT2D eigenvalue weighted by atomic mass is 32.2. The summed E-state index contributed by atoms with van der Waals surface area (Å²) in [4.78, 5) is 14.4. The zero-order chi connectivity index (χ0) is 15.3. The number of hydrogen-bond acceptors (Lipinski definition) is 4. The molecule has 1 saturated carbocycles. The van der Waals surface area contributed by atoms with Crippen LogP contribution in [0.4, 0.5) is 0 Å². The van der Waals surface area contributed by atoms with Crippen LogP contribution < -0.4 is 4.72 Å². The summed E-state index contributed by atoms with van der Waals surface area (Å²) >= 11 is 0. The van der Waals surface area contributed by atoms with Crippen molar-refractivity contribution in [3.8, 4) is 0 Å². The lowest BCUT2D eigenvalue weighted by Gasteiger charge is -2.21. The third-order valence-electron chi connectivity index (χ3n) is 3.72. The first kappa shape index (κ1) is 16.0. The zero-order valence-corrected chi connectivity index (χ0v) is 12.7. The summed E-state index contributed by atoms with van der Waals surface area (Å²) in [6.45, 7) is 0.606. The fourth-order valence-electron chi connectivity index (χ4n) is 2.65. The molecule has 2 rings (SSSR count). The standard InChI is InChI=1S/C13H21N3O4S/c17-13(18)12-8-16(10-14-12)7-6-15-21(19,20)9-11-4-2-1-3-5-11/h8,10-11,15H,1-7,9H2,(H,17,18). The van der Waals surface area contributed by atoms with Gasteiger partial charge in [0.1, 0.15) is 0 Å². The van der Waals surface area contributed by atoms with Gasteiger partial charge in [-0.05, 0) is 18.8 Å². The van der Waals surface area contributed by atoms with Crippen molar-refractivity contribution in [2.75, 3.05) is 12.3 Å². The number of sulfonamides is 1. The Morgan fingerprint density at radius 3 is 2.71 bits per heavy atom. The Morgan fingerprint density at radius 1 is 1.38 bits per heavy atom. The second-order valence-electron chi connectivity index (χ2n) is 5.48. The number of carbonyl (C=O) groups is 1. The van der Waals surface area contributed by atoms with Crippen LogP contribution in [0.5, 0.6) is 0 Å². The predicted octanol–water partition coefficient (Wildman–Crippen LogP) is 1.08. The van der Waals surface area contributed by atoms with Crippen molar-refractivity contribution in [3.05, 3.63) is 18.2 Å². The van der Waals surface area contributed by atoms with Crippen LogP contribution in [0.15, 0.2) is 12.5 Å². The number of carboxylic acids is 1. The lowest BCUT2D eigenvalue weighted by molar-refractivity contribution is 0.0691. The molecular weight excluding hydrogens is 294 g/mol. The Bertz CT molecular complexity index is 576. The first-order valence-corrected chi connectivity index (χ1v) is 8.84. The smallest absolute Gasteiger partial charge is 0.356 e. The molecule has 0 spiro atoms. The highest BCUT2D eigenvalue weighted by Gasteiger charge is 2.20. The van der Waals surface area contributed by atoms with Crippen LogP contribution in [0.3, 0.4) is 0 Å². The number of imidazole rings is 1. The van der Waals surface area contributed by atoms with E-state index in [0.717, 1.165) is 25.7 Å². The van der Waals surface area contributed by atoms with E-state index in [9.17, 15) is 13.2 Å². The fraction of sp³-hybridized carbons (Fsp3) is 0.692. The highest BCUT2D eigenvalue weighted by Crippen LogP contribution is 2.24. The number of hydrogen-bond donors (Lipinski definition) is 2. The number of rotatable bonds is 7. The van der Waals surface area contributed by atoms with Crippen LogP contribution in [0, 0.1) is 5.92 Å². The third-order valence-corrected chi connectivity index (χ3v) is 5.28. The molecule has 2 N–H and O–H groups in total. The van der Waals surface area contributed by atoms with Gasteiger partial charge in [0, 0.05) is 19.3 Å². The van der Waals surface area contributed by atoms with Gasteiger partial charge in [0.05, 0.1) is 12.1 Å². The average molecular weight is 315 g/mol. The monoisotopic (exact) mass is 315 g/mol. The van der Waals surface area contributed by atoms with E-state index in [1.54, 1.807) is 4.57 Å². The Balaban J connectivity index is 1.76. The van der Waals surface area contributed by atoms with E-state index in [2.05, 4.69) is 9.71 Å². The maximum atomic E-state index is 12.0. The van der Waals surface area contributed by atoms with Crippen molar-refractivity contribution >= 4 is 16.0 Å². The van der Waals surface area contributed by atoms with Gasteiger partial charge in [-0.1, -0.05) is 19.3 Å². The van der Waals surface area contributed by atoms with Gasteiger partial charge in [-0.3, -0.25) is 0 Å². The first-order chi connectivity index (χ1) is 9.96. The molecular formula is C13H21N3O4S. The van der Waals surface area contributed by atoms with Gasteiger partial charge in [-0.15, -0.1) is 0 Å². The molecule has 118 valence electrons. The number of carboxylic acid groups (broad SMARTS) is 1. The summed E-state index contributed by atoms with van der Waals surface area (Å²) in [5.41, 5.74) is -0.0416. The van der Waals surface area contributed by atoms with Crippen molar-refractivity contribution < 1.29 is 18.3 Å². The largest absolute Gasteiger partial charge is 0.476 e. The lowest BCUT2D eigenvalue weighted by Crippen LogP contribution is -2.32. The number of nitrogens with one attached hydrogen (secondary N) is 1. The summed E-state index contributed by atoms with van der Waals surface area (Å²) in [6.07, 6.45) is 8.20. The van der Waals surface area contributed by atoms with Crippen LogP contribution in [0.25, 0.3) is 0 Å². The molecule has 21 heavy (non-hydrogen) atoms. The summed E-state index contributed by atoms with van der Waals surface area (Å²) in [5.74, 6) is -0.633. The molecule has 1 fully saturated rings. The predicted molar refractivity (Wildman–Crippen MR) is 77.6 cm³/mol. The second kappa shape index (κ2) is 7.04. The van der Waals surface area contributed by atoms with Crippen molar-refractivity contribution in [2.45, 2.75) is 38.6 Å². The SMILES string of the molecule is O=C(O)c1cn(CCNS(=O)(=O)CC2CCCCC2)cn1. The highest BCUT2D eigenvalue weighted by molar-refractivity contribution is 7.89. The van der Waals surface area contributed by atoms with E-state index in [-0.39, 0.29) is 23.9 Å². The van der Waals surface area contributed by atoms with E-state index in [4.69, 9.17) is 5.11 Å². The molecule has 8 heteroatoms. The quantitative estimate of drug-likeness (QED) is 0.784. The van der Waals surface area contributed by atoms with Gasteiger partial charge in [0.2, 0.25) is 10.0 Å². The second-order valence-corrected chi connectivity index (χ2v) is 7.33. The molecule has 7 nitrogen and oxygen atoms in total. The number of aromatic carboxylic acids is 1. The molecule has 0 amide bonds. The summed E-state index contributed by atoms with van der Waals surface area (Å²) in [6, 6.07) is 0. The minimum Gasteiger partial charge on any atom is -0.476 e. The molecule has 1 aliphatic carbocycles. The Morgan fingerprint density at radius 2 is 2.10 bits per heavy atom. The van der Waals surface area contributed by atoms with Gasteiger partial charge < -0.3 is 9.67 Å². The van der Waals surface area contributed by atoms with Crippen LogP contribution in [0.2, 0.25) is 0 Å². The van der Waals surface area contributed by atoms with E-state index < -0.39 is 16.0 Å². The molecule has 0 saturated heterocycles. The summed E-state index contributed by atoms with van der Waals surface area (Å²) in [7, 11) is -3.26.